The molecule has 3 nitrogen and oxygen atoms in total. The topological polar surface area (TPSA) is 22.8 Å². The lowest BCUT2D eigenvalue weighted by Crippen LogP contribution is -1.98. The molecule has 0 saturated carbocycles. The molecule has 0 radical (unpaired) electrons. The number of fused-ring (bicyclic) bond motifs is 7. The van der Waals surface area contributed by atoms with Crippen LogP contribution < -0.4 is 0 Å². The molecule has 0 aliphatic heterocycles. The van der Waals surface area contributed by atoms with E-state index in [9.17, 15) is 0 Å². The maximum absolute atomic E-state index is 5.14. The van der Waals surface area contributed by atoms with Gasteiger partial charge in [0, 0.05) is 39.2 Å². The number of hydrogen-bond donors (Lipinski definition) is 0. The normalized spacial score (nSPS) is 11.6. The van der Waals surface area contributed by atoms with Crippen LogP contribution in [-0.2, 0) is 0 Å². The first kappa shape index (κ1) is 24.6. The summed E-state index contributed by atoms with van der Waals surface area (Å²) in [5.41, 5.74) is 9.95. The van der Waals surface area contributed by atoms with Crippen molar-refractivity contribution in [1.29, 1.82) is 0 Å². The van der Waals surface area contributed by atoms with Gasteiger partial charge < -0.3 is 9.13 Å². The van der Waals surface area contributed by atoms with Crippen LogP contribution in [0.25, 0.3) is 77.4 Å². The highest BCUT2D eigenvalue weighted by Crippen LogP contribution is 2.40. The van der Waals surface area contributed by atoms with Crippen LogP contribution in [0, 0.1) is 0 Å². The van der Waals surface area contributed by atoms with Gasteiger partial charge in [-0.3, -0.25) is 0 Å². The summed E-state index contributed by atoms with van der Waals surface area (Å²) in [6, 6.07) is 56.1. The maximum atomic E-state index is 5.14. The van der Waals surface area contributed by atoms with E-state index in [-0.39, 0.29) is 0 Å². The smallest absolute Gasteiger partial charge is 0.0730 e. The second kappa shape index (κ2) is 9.82. The van der Waals surface area contributed by atoms with Crippen LogP contribution in [0.1, 0.15) is 0 Å². The molecule has 44 heavy (non-hydrogen) atoms. The Morgan fingerprint density at radius 2 is 0.977 bits per heavy atom. The van der Waals surface area contributed by atoms with E-state index in [2.05, 4.69) is 173 Å². The number of pyridine rings is 1. The van der Waals surface area contributed by atoms with Crippen molar-refractivity contribution in [1.82, 2.24) is 14.1 Å². The second-order valence-corrected chi connectivity index (χ2v) is 11.3. The van der Waals surface area contributed by atoms with Crippen molar-refractivity contribution >= 4 is 43.5 Å². The average molecular weight is 562 g/mol. The Hall–Kier alpha value is -5.93. The molecule has 0 amide bonds. The fourth-order valence-corrected chi connectivity index (χ4v) is 6.75. The third-order valence-corrected chi connectivity index (χ3v) is 8.74. The van der Waals surface area contributed by atoms with Crippen molar-refractivity contribution in [3.63, 3.8) is 0 Å². The fraction of sp³-hybridized carbons (Fsp3) is 0. The molecule has 0 fully saturated rings. The molecule has 0 aliphatic carbocycles. The molecule has 6 aromatic carbocycles. The van der Waals surface area contributed by atoms with Gasteiger partial charge in [0.15, 0.2) is 0 Å². The molecule has 0 aliphatic rings. The van der Waals surface area contributed by atoms with Crippen LogP contribution in [0.2, 0.25) is 0 Å². The Bertz CT molecular complexity index is 2410. The summed E-state index contributed by atoms with van der Waals surface area (Å²) in [5.74, 6) is 0. The van der Waals surface area contributed by atoms with Crippen molar-refractivity contribution in [3.8, 4) is 33.9 Å². The molecule has 0 unspecified atom stereocenters. The summed E-state index contributed by atoms with van der Waals surface area (Å²) in [4.78, 5) is 5.14. The minimum absolute atomic E-state index is 0.956. The van der Waals surface area contributed by atoms with Gasteiger partial charge in [-0.05, 0) is 59.3 Å². The number of aromatic nitrogens is 3. The number of hydrogen-bond acceptors (Lipinski definition) is 1. The van der Waals surface area contributed by atoms with Gasteiger partial charge in [0.2, 0.25) is 0 Å². The standard InChI is InChI=1S/C41H27N3/c1-4-12-28(13-5-1)36-26-31(27-37(42-36)29-14-6-2-7-15-29)44-39-19-11-10-18-35(39)41-34-21-22-38-33(32(34)20-23-40(41)44)24-25-43(38)30-16-8-3-9-17-30/h1-27H. The van der Waals surface area contributed by atoms with Gasteiger partial charge in [-0.25, -0.2) is 4.98 Å². The van der Waals surface area contributed by atoms with E-state index in [1.807, 2.05) is 0 Å². The predicted octanol–water partition coefficient (Wildman–Crippen LogP) is 10.6. The Morgan fingerprint density at radius 3 is 1.68 bits per heavy atom. The van der Waals surface area contributed by atoms with Gasteiger partial charge in [0.25, 0.3) is 0 Å². The third kappa shape index (κ3) is 3.80. The number of para-hydroxylation sites is 2. The molecular weight excluding hydrogens is 534 g/mol. The average Bonchev–Trinajstić information content (AvgIpc) is 3.69. The summed E-state index contributed by atoms with van der Waals surface area (Å²) < 4.78 is 4.68. The fourth-order valence-electron chi connectivity index (χ4n) is 6.75. The summed E-state index contributed by atoms with van der Waals surface area (Å²) in [7, 11) is 0. The van der Waals surface area contributed by atoms with Crippen molar-refractivity contribution in [2.24, 2.45) is 0 Å². The van der Waals surface area contributed by atoms with Crippen molar-refractivity contribution in [3.05, 3.63) is 164 Å². The van der Waals surface area contributed by atoms with E-state index in [0.29, 0.717) is 0 Å². The minimum atomic E-state index is 0.956. The molecule has 0 spiro atoms. The highest BCUT2D eigenvalue weighted by atomic mass is 15.0. The Morgan fingerprint density at radius 1 is 0.386 bits per heavy atom. The molecule has 0 saturated heterocycles. The molecule has 0 N–H and O–H groups in total. The molecular formula is C41H27N3. The lowest BCUT2D eigenvalue weighted by atomic mass is 10.0. The zero-order valence-corrected chi connectivity index (χ0v) is 23.9. The lowest BCUT2D eigenvalue weighted by Gasteiger charge is -2.13. The summed E-state index contributed by atoms with van der Waals surface area (Å²) in [5, 5.41) is 6.29. The van der Waals surface area contributed by atoms with Crippen molar-refractivity contribution < 1.29 is 0 Å². The van der Waals surface area contributed by atoms with E-state index in [4.69, 9.17) is 4.98 Å². The molecule has 206 valence electrons. The highest BCUT2D eigenvalue weighted by Gasteiger charge is 2.18. The Balaban J connectivity index is 1.33. The van der Waals surface area contributed by atoms with Crippen molar-refractivity contribution in [2.45, 2.75) is 0 Å². The molecule has 9 aromatic rings. The van der Waals surface area contributed by atoms with Crippen LogP contribution in [0.15, 0.2) is 164 Å². The number of nitrogens with zero attached hydrogens (tertiary/aromatic N) is 3. The van der Waals surface area contributed by atoms with Crippen LogP contribution in [0.3, 0.4) is 0 Å². The SMILES string of the molecule is c1ccc(-c2cc(-n3c4ccccc4c4c5ccc6c(ccn6-c6ccccc6)c5ccc43)cc(-c3ccccc3)n2)cc1. The van der Waals surface area contributed by atoms with Gasteiger partial charge >= 0.3 is 0 Å². The van der Waals surface area contributed by atoms with Crippen LogP contribution >= 0.6 is 0 Å². The van der Waals surface area contributed by atoms with Crippen molar-refractivity contribution in [2.75, 3.05) is 0 Å². The molecule has 3 heteroatoms. The Labute approximate surface area is 254 Å². The van der Waals surface area contributed by atoms with Gasteiger partial charge in [-0.2, -0.15) is 0 Å². The highest BCUT2D eigenvalue weighted by molar-refractivity contribution is 6.25. The van der Waals surface area contributed by atoms with E-state index >= 15 is 0 Å². The first-order chi connectivity index (χ1) is 21.8. The molecule has 3 aromatic heterocycles. The molecule has 0 bridgehead atoms. The van der Waals surface area contributed by atoms with Gasteiger partial charge in [0.1, 0.15) is 0 Å². The second-order valence-electron chi connectivity index (χ2n) is 11.3. The number of rotatable bonds is 4. The quantitative estimate of drug-likeness (QED) is 0.210. The van der Waals surface area contributed by atoms with Gasteiger partial charge in [-0.15, -0.1) is 0 Å². The zero-order valence-electron chi connectivity index (χ0n) is 23.9. The van der Waals surface area contributed by atoms with Gasteiger partial charge in [0.05, 0.1) is 33.6 Å². The third-order valence-electron chi connectivity index (χ3n) is 8.74. The van der Waals surface area contributed by atoms with E-state index in [1.54, 1.807) is 0 Å². The maximum Gasteiger partial charge on any atom is 0.0730 e. The number of benzene rings is 6. The zero-order chi connectivity index (χ0) is 29.0. The first-order valence-corrected chi connectivity index (χ1v) is 15.0. The molecule has 3 heterocycles. The van der Waals surface area contributed by atoms with Gasteiger partial charge in [-0.1, -0.05) is 109 Å². The monoisotopic (exact) mass is 561 g/mol. The molecule has 0 atom stereocenters. The van der Waals surface area contributed by atoms with Crippen LogP contribution in [0.5, 0.6) is 0 Å². The summed E-state index contributed by atoms with van der Waals surface area (Å²) in [6.07, 6.45) is 2.18. The first-order valence-electron chi connectivity index (χ1n) is 15.0. The largest absolute Gasteiger partial charge is 0.317 e. The van der Waals surface area contributed by atoms with Crippen LogP contribution in [-0.4, -0.2) is 14.1 Å². The van der Waals surface area contributed by atoms with E-state index < -0.39 is 0 Å². The van der Waals surface area contributed by atoms with E-state index in [1.165, 1.54) is 49.2 Å². The molecule has 9 rings (SSSR count). The summed E-state index contributed by atoms with van der Waals surface area (Å²) >= 11 is 0. The van der Waals surface area contributed by atoms with Crippen LogP contribution in [0.4, 0.5) is 0 Å². The lowest BCUT2D eigenvalue weighted by molar-refractivity contribution is 1.13. The van der Waals surface area contributed by atoms with E-state index in [0.717, 1.165) is 28.2 Å². The summed E-state index contributed by atoms with van der Waals surface area (Å²) in [6.45, 7) is 0. The Kier molecular flexibility index (Phi) is 5.50. The minimum Gasteiger partial charge on any atom is -0.317 e. The predicted molar refractivity (Wildman–Crippen MR) is 184 cm³/mol.